The summed E-state index contributed by atoms with van der Waals surface area (Å²) in [5, 5.41) is 0. The van der Waals surface area contributed by atoms with Gasteiger partial charge in [-0.05, 0) is 12.6 Å². The van der Waals surface area contributed by atoms with Crippen LogP contribution in [0.4, 0.5) is 0 Å². The molecule has 0 nitrogen and oxygen atoms in total. The van der Waals surface area contributed by atoms with Crippen LogP contribution in [0.2, 0.25) is 0 Å². The second-order valence-electron chi connectivity index (χ2n) is 0.446. The smallest absolute Gasteiger partial charge is 0.147 e. The van der Waals surface area contributed by atoms with E-state index < -0.39 is 3.12 Å². The maximum absolute atomic E-state index is 4.88. The van der Waals surface area contributed by atoms with Gasteiger partial charge in [0.25, 0.3) is 0 Å². The van der Waals surface area contributed by atoms with Crippen LogP contribution < -0.4 is 0 Å². The van der Waals surface area contributed by atoms with Gasteiger partial charge in [-0.15, -0.1) is 12.4 Å². The molecule has 0 amide bonds. The summed E-state index contributed by atoms with van der Waals surface area (Å²) in [6.45, 7) is 0. The van der Waals surface area contributed by atoms with Gasteiger partial charge in [-0.1, -0.05) is 34.8 Å². The van der Waals surface area contributed by atoms with Crippen LogP contribution in [0.15, 0.2) is 0 Å². The number of hydrogen-bond donors (Lipinski definition) is 0. The fraction of sp³-hybridized carbons (Fsp3) is 1.00. The highest BCUT2D eigenvalue weighted by atomic mass is 35.6. The highest BCUT2D eigenvalue weighted by Crippen LogP contribution is 2.29. The molecule has 0 aliphatic carbocycles. The van der Waals surface area contributed by atoms with Gasteiger partial charge in [0, 0.05) is 0 Å². The van der Waals surface area contributed by atoms with Gasteiger partial charge < -0.3 is 0 Å². The summed E-state index contributed by atoms with van der Waals surface area (Å²) in [4.78, 5) is 0. The van der Waals surface area contributed by atoms with Crippen molar-refractivity contribution in [1.82, 2.24) is 0 Å². The number of halogens is 4. The van der Waals surface area contributed by atoms with Crippen molar-refractivity contribution in [1.29, 1.82) is 0 Å². The Morgan fingerprint density at radius 3 is 1.17 bits per heavy atom. The third kappa shape index (κ3) is 49.2. The summed E-state index contributed by atoms with van der Waals surface area (Å²) < 4.78 is -1.50. The minimum atomic E-state index is -1.50. The predicted molar refractivity (Wildman–Crippen MR) is 35.1 cm³/mol. The Bertz CT molecular complexity index is 23.0. The molecule has 0 saturated heterocycles. The van der Waals surface area contributed by atoms with E-state index in [1.54, 1.807) is 0 Å². The SMILES string of the molecule is Cl.[S]C(Cl)(Cl)Cl. The van der Waals surface area contributed by atoms with Crippen LogP contribution in [0.5, 0.6) is 0 Å². The lowest BCUT2D eigenvalue weighted by Gasteiger charge is -1.91. The van der Waals surface area contributed by atoms with Crippen LogP contribution in [-0.4, -0.2) is 3.12 Å². The molecule has 0 aromatic rings. The first-order valence-electron chi connectivity index (χ1n) is 0.771. The van der Waals surface area contributed by atoms with Crippen LogP contribution in [0, 0.1) is 0 Å². The van der Waals surface area contributed by atoms with E-state index in [1.807, 2.05) is 0 Å². The van der Waals surface area contributed by atoms with E-state index in [-0.39, 0.29) is 12.4 Å². The zero-order valence-electron chi connectivity index (χ0n) is 2.45. The molecule has 0 rings (SSSR count). The molecule has 6 heavy (non-hydrogen) atoms. The lowest BCUT2D eigenvalue weighted by Crippen LogP contribution is -1.81. The van der Waals surface area contributed by atoms with Crippen molar-refractivity contribution in [2.24, 2.45) is 0 Å². The van der Waals surface area contributed by atoms with E-state index in [4.69, 9.17) is 34.8 Å². The Labute approximate surface area is 63.0 Å². The van der Waals surface area contributed by atoms with Gasteiger partial charge >= 0.3 is 0 Å². The van der Waals surface area contributed by atoms with Crippen molar-refractivity contribution in [3.63, 3.8) is 0 Å². The quantitative estimate of drug-likeness (QED) is 0.511. The van der Waals surface area contributed by atoms with Crippen molar-refractivity contribution in [3.05, 3.63) is 0 Å². The molecule has 39 valence electrons. The molecule has 0 bridgehead atoms. The molecule has 5 heteroatoms. The second-order valence-corrected chi connectivity index (χ2v) is 4.01. The molecule has 0 atom stereocenters. The van der Waals surface area contributed by atoms with Crippen molar-refractivity contribution in [2.45, 2.75) is 3.12 Å². The minimum Gasteiger partial charge on any atom is -0.147 e. The Hall–Kier alpha value is 1.51. The molecule has 0 saturated carbocycles. The number of hydrogen-bond acceptors (Lipinski definition) is 0. The standard InChI is InChI=1S/CCl3S.ClH/c2-1(3,4)5;/h;1H. The summed E-state index contributed by atoms with van der Waals surface area (Å²) in [5.41, 5.74) is 0. The first kappa shape index (κ1) is 10.5. The van der Waals surface area contributed by atoms with Gasteiger partial charge in [0.1, 0.15) is 0 Å². The molecular formula is CHCl4S. The molecule has 0 heterocycles. The van der Waals surface area contributed by atoms with Crippen molar-refractivity contribution >= 4 is 59.8 Å². The van der Waals surface area contributed by atoms with E-state index >= 15 is 0 Å². The van der Waals surface area contributed by atoms with Crippen molar-refractivity contribution in [2.75, 3.05) is 0 Å². The van der Waals surface area contributed by atoms with Gasteiger partial charge in [0.05, 0.1) is 0 Å². The molecule has 0 fully saturated rings. The average molecular weight is 187 g/mol. The third-order valence-corrected chi connectivity index (χ3v) is 0. The monoisotopic (exact) mass is 185 g/mol. The molecule has 0 aromatic carbocycles. The van der Waals surface area contributed by atoms with Crippen molar-refractivity contribution < 1.29 is 0 Å². The van der Waals surface area contributed by atoms with E-state index in [2.05, 4.69) is 12.6 Å². The lowest BCUT2D eigenvalue weighted by molar-refractivity contribution is 1.82. The molecule has 0 spiro atoms. The topological polar surface area (TPSA) is 0 Å². The normalized spacial score (nSPS) is 10.0. The summed E-state index contributed by atoms with van der Waals surface area (Å²) in [6, 6.07) is 0. The first-order valence-corrected chi connectivity index (χ1v) is 2.31. The predicted octanol–water partition coefficient (Wildman–Crippen LogP) is 2.93. The van der Waals surface area contributed by atoms with Gasteiger partial charge in [-0.3, -0.25) is 0 Å². The fourth-order valence-electron chi connectivity index (χ4n) is 0. The summed E-state index contributed by atoms with van der Waals surface area (Å²) in [5.74, 6) is 0. The van der Waals surface area contributed by atoms with Crippen LogP contribution in [0.1, 0.15) is 0 Å². The second kappa shape index (κ2) is 3.50. The van der Waals surface area contributed by atoms with Gasteiger partial charge in [-0.2, -0.15) is 0 Å². The summed E-state index contributed by atoms with van der Waals surface area (Å²) >= 11 is 18.8. The minimum absolute atomic E-state index is 0. The zero-order chi connectivity index (χ0) is 4.50. The Morgan fingerprint density at radius 1 is 1.17 bits per heavy atom. The number of alkyl halides is 3. The van der Waals surface area contributed by atoms with E-state index in [9.17, 15) is 0 Å². The molecule has 0 unspecified atom stereocenters. The summed E-state index contributed by atoms with van der Waals surface area (Å²) in [6.07, 6.45) is 0. The molecular weight excluding hydrogens is 186 g/mol. The average Bonchev–Trinajstić information content (AvgIpc) is 0.722. The molecule has 0 aromatic heterocycles. The fourth-order valence-corrected chi connectivity index (χ4v) is 0. The van der Waals surface area contributed by atoms with E-state index in [1.165, 1.54) is 0 Å². The first-order chi connectivity index (χ1) is 2.00. The van der Waals surface area contributed by atoms with E-state index in [0.717, 1.165) is 0 Å². The van der Waals surface area contributed by atoms with Gasteiger partial charge in [0.15, 0.2) is 0 Å². The highest BCUT2D eigenvalue weighted by Gasteiger charge is 2.10. The maximum atomic E-state index is 4.88. The summed E-state index contributed by atoms with van der Waals surface area (Å²) in [7, 11) is 0. The van der Waals surface area contributed by atoms with Crippen LogP contribution in [0.3, 0.4) is 0 Å². The van der Waals surface area contributed by atoms with Crippen molar-refractivity contribution in [3.8, 4) is 0 Å². The van der Waals surface area contributed by atoms with Crippen LogP contribution >= 0.6 is 59.8 Å². The lowest BCUT2D eigenvalue weighted by atomic mass is 11.8. The highest BCUT2D eigenvalue weighted by molar-refractivity contribution is 7.87. The molecule has 0 aliphatic heterocycles. The maximum Gasteiger partial charge on any atom is 0.247 e. The largest absolute Gasteiger partial charge is 0.247 e. The Balaban J connectivity index is 0. The Morgan fingerprint density at radius 2 is 1.17 bits per heavy atom. The number of rotatable bonds is 0. The van der Waals surface area contributed by atoms with Crippen LogP contribution in [0.25, 0.3) is 0 Å². The third-order valence-electron chi connectivity index (χ3n) is 0. The Kier molecular flexibility index (Phi) is 6.12. The molecule has 0 aliphatic rings. The van der Waals surface area contributed by atoms with Gasteiger partial charge in [0.2, 0.25) is 3.12 Å². The molecule has 0 N–H and O–H groups in total. The molecule has 1 radical (unpaired) electrons. The van der Waals surface area contributed by atoms with E-state index in [0.29, 0.717) is 0 Å². The zero-order valence-corrected chi connectivity index (χ0v) is 6.35. The van der Waals surface area contributed by atoms with Crippen LogP contribution in [-0.2, 0) is 0 Å². The van der Waals surface area contributed by atoms with Gasteiger partial charge in [-0.25, -0.2) is 0 Å².